The van der Waals surface area contributed by atoms with E-state index in [1.54, 1.807) is 0 Å². The van der Waals surface area contributed by atoms with E-state index in [-0.39, 0.29) is 0 Å². The summed E-state index contributed by atoms with van der Waals surface area (Å²) in [6.45, 7) is 1.96. The summed E-state index contributed by atoms with van der Waals surface area (Å²) in [5.41, 5.74) is 1.24. The molecule has 0 spiro atoms. The van der Waals surface area contributed by atoms with Gasteiger partial charge in [0.25, 0.3) is 0 Å². The lowest BCUT2D eigenvalue weighted by Gasteiger charge is -2.23. The first kappa shape index (κ1) is 17.7. The highest BCUT2D eigenvalue weighted by molar-refractivity contribution is 7.80. The maximum Gasteiger partial charge on any atom is 0.0425 e. The van der Waals surface area contributed by atoms with Crippen molar-refractivity contribution in [3.05, 3.63) is 84.9 Å². The highest BCUT2D eigenvalue weighted by Crippen LogP contribution is 2.35. The van der Waals surface area contributed by atoms with E-state index < -0.39 is 7.92 Å². The van der Waals surface area contributed by atoms with Gasteiger partial charge in [-0.25, -0.2) is 0 Å². The molecule has 3 aromatic rings. The maximum atomic E-state index is 3.64. The molecule has 128 valence electrons. The van der Waals surface area contributed by atoms with Gasteiger partial charge in [-0.3, -0.25) is 0 Å². The van der Waals surface area contributed by atoms with Crippen LogP contribution in [0.5, 0.6) is 0 Å². The van der Waals surface area contributed by atoms with Gasteiger partial charge < -0.3 is 10.2 Å². The van der Waals surface area contributed by atoms with Gasteiger partial charge >= 0.3 is 0 Å². The molecule has 0 saturated heterocycles. The predicted molar refractivity (Wildman–Crippen MR) is 112 cm³/mol. The zero-order valence-corrected chi connectivity index (χ0v) is 15.8. The molecule has 0 aromatic heterocycles. The fourth-order valence-electron chi connectivity index (χ4n) is 2.81. The molecular weight excluding hydrogens is 323 g/mol. The van der Waals surface area contributed by atoms with Crippen molar-refractivity contribution in [3.63, 3.8) is 0 Å². The van der Waals surface area contributed by atoms with Crippen molar-refractivity contribution in [1.29, 1.82) is 0 Å². The number of likely N-dealkylation sites (N-methyl/N-ethyl adjacent to an activating group) is 1. The lowest BCUT2D eigenvalue weighted by Crippen LogP contribution is -2.26. The normalized spacial score (nSPS) is 11.0. The van der Waals surface area contributed by atoms with Crippen LogP contribution in [0.3, 0.4) is 0 Å². The van der Waals surface area contributed by atoms with Crippen LogP contribution >= 0.6 is 7.92 Å². The van der Waals surface area contributed by atoms with Crippen LogP contribution in [0.15, 0.2) is 84.9 Å². The average Bonchev–Trinajstić information content (AvgIpc) is 2.65. The predicted octanol–water partition coefficient (Wildman–Crippen LogP) is 3.42. The van der Waals surface area contributed by atoms with E-state index in [1.165, 1.54) is 21.6 Å². The van der Waals surface area contributed by atoms with E-state index in [9.17, 15) is 0 Å². The Kier molecular flexibility index (Phi) is 6.22. The molecule has 0 aliphatic rings. The first-order valence-electron chi connectivity index (χ1n) is 8.63. The number of nitrogens with one attached hydrogen (secondary N) is 1. The fraction of sp³-hybridized carbons (Fsp3) is 0.182. The molecule has 3 heteroatoms. The van der Waals surface area contributed by atoms with Crippen LogP contribution in [-0.2, 0) is 0 Å². The van der Waals surface area contributed by atoms with Crippen molar-refractivity contribution in [3.8, 4) is 0 Å². The van der Waals surface area contributed by atoms with E-state index in [4.69, 9.17) is 0 Å². The van der Waals surface area contributed by atoms with Gasteiger partial charge in [0, 0.05) is 24.1 Å². The third kappa shape index (κ3) is 4.69. The third-order valence-electron chi connectivity index (χ3n) is 4.05. The van der Waals surface area contributed by atoms with Crippen LogP contribution in [0.2, 0.25) is 0 Å². The standard InChI is InChI=1S/C22H25N2P/c1-24(2)18-17-23-21-15-9-10-16-22(21)25(19-11-5-3-6-12-19)20-13-7-4-8-14-20/h3-16,23H,17-18H2,1-2H3. The van der Waals surface area contributed by atoms with Crippen LogP contribution in [0.1, 0.15) is 0 Å². The van der Waals surface area contributed by atoms with Crippen molar-refractivity contribution in [2.45, 2.75) is 0 Å². The number of benzene rings is 3. The minimum absolute atomic E-state index is 0.575. The Bertz CT molecular complexity index is 733. The molecule has 0 saturated carbocycles. The largest absolute Gasteiger partial charge is 0.383 e. The second-order valence-electron chi connectivity index (χ2n) is 6.25. The average molecular weight is 348 g/mol. The van der Waals surface area contributed by atoms with Crippen LogP contribution in [0.25, 0.3) is 0 Å². The van der Waals surface area contributed by atoms with Gasteiger partial charge in [-0.1, -0.05) is 78.9 Å². The van der Waals surface area contributed by atoms with Gasteiger partial charge in [-0.15, -0.1) is 0 Å². The number of anilines is 1. The molecule has 0 atom stereocenters. The lowest BCUT2D eigenvalue weighted by atomic mass is 10.3. The maximum absolute atomic E-state index is 3.64. The quantitative estimate of drug-likeness (QED) is 0.658. The number of nitrogens with zero attached hydrogens (tertiary/aromatic N) is 1. The Morgan fingerprint density at radius 1 is 0.720 bits per heavy atom. The van der Waals surface area contributed by atoms with E-state index in [0.717, 1.165) is 13.1 Å². The summed E-state index contributed by atoms with van der Waals surface area (Å²) in [6, 6.07) is 30.4. The lowest BCUT2D eigenvalue weighted by molar-refractivity contribution is 0.425. The third-order valence-corrected chi connectivity index (χ3v) is 6.55. The molecule has 0 radical (unpaired) electrons. The summed E-state index contributed by atoms with van der Waals surface area (Å²) in [7, 11) is 3.64. The molecular formula is C22H25N2P. The van der Waals surface area contributed by atoms with Crippen molar-refractivity contribution in [2.24, 2.45) is 0 Å². The number of hydrogen-bond donors (Lipinski definition) is 1. The molecule has 3 aromatic carbocycles. The Labute approximate surface area is 152 Å². The topological polar surface area (TPSA) is 15.3 Å². The molecule has 0 bridgehead atoms. The number of para-hydroxylation sites is 1. The summed E-state index contributed by atoms with van der Waals surface area (Å²) in [5, 5.41) is 7.78. The van der Waals surface area contributed by atoms with Crippen molar-refractivity contribution in [1.82, 2.24) is 4.90 Å². The second-order valence-corrected chi connectivity index (χ2v) is 8.44. The summed E-state index contributed by atoms with van der Waals surface area (Å²) in [6.07, 6.45) is 0. The highest BCUT2D eigenvalue weighted by Gasteiger charge is 2.18. The zero-order valence-electron chi connectivity index (χ0n) is 14.9. The highest BCUT2D eigenvalue weighted by atomic mass is 31.1. The van der Waals surface area contributed by atoms with Crippen molar-refractivity contribution >= 4 is 29.5 Å². The van der Waals surface area contributed by atoms with Crippen LogP contribution in [-0.4, -0.2) is 32.1 Å². The number of hydrogen-bond acceptors (Lipinski definition) is 2. The van der Waals surface area contributed by atoms with Gasteiger partial charge in [0.05, 0.1) is 0 Å². The van der Waals surface area contributed by atoms with E-state index in [1.807, 2.05) is 0 Å². The van der Waals surface area contributed by atoms with E-state index in [2.05, 4.69) is 109 Å². The van der Waals surface area contributed by atoms with E-state index in [0.29, 0.717) is 0 Å². The molecule has 0 heterocycles. The number of rotatable bonds is 7. The Hall–Kier alpha value is -2.15. The zero-order chi connectivity index (χ0) is 17.5. The molecule has 0 fully saturated rings. The Morgan fingerprint density at radius 2 is 1.24 bits per heavy atom. The molecule has 0 amide bonds. The van der Waals surface area contributed by atoms with Gasteiger partial charge in [0.2, 0.25) is 0 Å². The summed E-state index contributed by atoms with van der Waals surface area (Å²) >= 11 is 0. The molecule has 0 aliphatic carbocycles. The van der Waals surface area contributed by atoms with Gasteiger partial charge in [-0.05, 0) is 38.7 Å². The van der Waals surface area contributed by atoms with Crippen LogP contribution in [0.4, 0.5) is 5.69 Å². The molecule has 2 nitrogen and oxygen atoms in total. The summed E-state index contributed by atoms with van der Waals surface area (Å²) < 4.78 is 0. The van der Waals surface area contributed by atoms with Crippen LogP contribution in [0, 0.1) is 0 Å². The summed E-state index contributed by atoms with van der Waals surface area (Å²) in [5.74, 6) is 0. The van der Waals surface area contributed by atoms with E-state index >= 15 is 0 Å². The second kappa shape index (κ2) is 8.80. The van der Waals surface area contributed by atoms with Crippen LogP contribution < -0.4 is 21.2 Å². The van der Waals surface area contributed by atoms with Gasteiger partial charge in [0.1, 0.15) is 0 Å². The Balaban J connectivity index is 2.00. The van der Waals surface area contributed by atoms with Crippen molar-refractivity contribution < 1.29 is 0 Å². The first-order chi connectivity index (χ1) is 12.3. The monoisotopic (exact) mass is 348 g/mol. The molecule has 1 N–H and O–H groups in total. The summed E-state index contributed by atoms with van der Waals surface area (Å²) in [4.78, 5) is 2.20. The molecule has 3 rings (SSSR count). The van der Waals surface area contributed by atoms with Gasteiger partial charge in [0.15, 0.2) is 0 Å². The fourth-order valence-corrected chi connectivity index (χ4v) is 5.24. The minimum atomic E-state index is -0.575. The molecule has 0 aliphatic heterocycles. The Morgan fingerprint density at radius 3 is 1.80 bits per heavy atom. The SMILES string of the molecule is CN(C)CCNc1ccccc1P(c1ccccc1)c1ccccc1. The van der Waals surface area contributed by atoms with Crippen molar-refractivity contribution in [2.75, 3.05) is 32.5 Å². The minimum Gasteiger partial charge on any atom is -0.383 e. The molecule has 25 heavy (non-hydrogen) atoms. The van der Waals surface area contributed by atoms with Gasteiger partial charge in [-0.2, -0.15) is 0 Å². The molecule has 0 unspecified atom stereocenters. The smallest absolute Gasteiger partial charge is 0.0425 e. The first-order valence-corrected chi connectivity index (χ1v) is 9.98.